The molecule has 0 bridgehead atoms. The molecule has 0 aromatic heterocycles. The molecule has 2 heterocycles. The third-order valence-corrected chi connectivity index (χ3v) is 10.5. The van der Waals surface area contributed by atoms with Gasteiger partial charge >= 0.3 is 11.9 Å². The zero-order valence-electron chi connectivity index (χ0n) is 32.7. The zero-order chi connectivity index (χ0) is 38.9. The maximum absolute atomic E-state index is 13.5. The standard InChI is InChI=1S/C44H52N2O8/c1-9-51-41(49)35-25(3)45-31-21-43(5,6)23-33(47)39(31)37(35)27-11-15-29(16-12-27)53-19-20-54-30-17-13-28(14-18-30)38-36(42(50)52-10-2)26(4)46-32-22-44(7,8)24-34(48)40(32)38/h11-18,37-38,45-46H,9-10,19-24H2,1-8H3. The van der Waals surface area contributed by atoms with Gasteiger partial charge in [-0.15, -0.1) is 0 Å². The smallest absolute Gasteiger partial charge is 0.336 e. The predicted octanol–water partition coefficient (Wildman–Crippen LogP) is 7.48. The molecule has 4 aliphatic rings. The average molecular weight is 737 g/mol. The first kappa shape index (κ1) is 38.6. The van der Waals surface area contributed by atoms with Crippen molar-refractivity contribution >= 4 is 23.5 Å². The Hall–Kier alpha value is -5.12. The van der Waals surface area contributed by atoms with Crippen LogP contribution in [0.15, 0.2) is 93.6 Å². The van der Waals surface area contributed by atoms with Gasteiger partial charge in [-0.25, -0.2) is 9.59 Å². The molecule has 0 radical (unpaired) electrons. The summed E-state index contributed by atoms with van der Waals surface area (Å²) < 4.78 is 22.9. The number of carbonyl (C=O) groups is 4. The summed E-state index contributed by atoms with van der Waals surface area (Å²) in [5.41, 5.74) is 6.57. The van der Waals surface area contributed by atoms with Gasteiger partial charge in [-0.2, -0.15) is 0 Å². The van der Waals surface area contributed by atoms with Crippen LogP contribution >= 0.6 is 0 Å². The minimum absolute atomic E-state index is 0.0358. The van der Waals surface area contributed by atoms with E-state index in [0.29, 0.717) is 70.9 Å². The Bertz CT molecular complexity index is 1830. The van der Waals surface area contributed by atoms with Gasteiger partial charge in [-0.05, 0) is 86.8 Å². The third kappa shape index (κ3) is 7.88. The normalized spacial score (nSPS) is 21.9. The van der Waals surface area contributed by atoms with E-state index in [0.717, 1.165) is 22.5 Å². The van der Waals surface area contributed by atoms with E-state index in [2.05, 4.69) is 38.3 Å². The van der Waals surface area contributed by atoms with Crippen LogP contribution in [0.2, 0.25) is 0 Å². The minimum Gasteiger partial charge on any atom is -0.490 e. The first-order valence-corrected chi connectivity index (χ1v) is 18.9. The van der Waals surface area contributed by atoms with Gasteiger partial charge in [-0.1, -0.05) is 52.0 Å². The number of hydrogen-bond donors (Lipinski definition) is 2. The Labute approximate surface area is 318 Å². The van der Waals surface area contributed by atoms with Crippen LogP contribution in [0.5, 0.6) is 11.5 Å². The summed E-state index contributed by atoms with van der Waals surface area (Å²) in [6, 6.07) is 15.0. The number of dihydropyridines is 2. The molecule has 0 saturated carbocycles. The summed E-state index contributed by atoms with van der Waals surface area (Å²) in [5, 5.41) is 6.72. The highest BCUT2D eigenvalue weighted by atomic mass is 16.5. The number of hydrogen-bond acceptors (Lipinski definition) is 10. The van der Waals surface area contributed by atoms with Crippen LogP contribution in [0.1, 0.15) is 104 Å². The first-order valence-electron chi connectivity index (χ1n) is 18.9. The fraction of sp³-hybridized carbons (Fsp3) is 0.455. The van der Waals surface area contributed by atoms with Crippen LogP contribution in [0, 0.1) is 10.8 Å². The SMILES string of the molecule is CCOC(=O)C1=C(C)NC2=C(C(=O)CC(C)(C)C2)C1c1ccc(OCCOc2ccc(C3C(C(=O)OCC)=C(C)NC4=C3C(=O)CC(C)(C)C4)cc2)cc1. The van der Waals surface area contributed by atoms with E-state index in [1.165, 1.54) is 0 Å². The van der Waals surface area contributed by atoms with Crippen LogP contribution in [-0.4, -0.2) is 49.9 Å². The van der Waals surface area contributed by atoms with Crippen LogP contribution in [0.4, 0.5) is 0 Å². The fourth-order valence-electron chi connectivity index (χ4n) is 8.33. The molecule has 2 aromatic rings. The van der Waals surface area contributed by atoms with Crippen molar-refractivity contribution in [1.29, 1.82) is 0 Å². The minimum atomic E-state index is -0.534. The number of allylic oxidation sites excluding steroid dienone is 6. The molecule has 10 heteroatoms. The monoisotopic (exact) mass is 736 g/mol. The molecule has 2 atom stereocenters. The molecule has 0 fully saturated rings. The molecule has 0 amide bonds. The zero-order valence-corrected chi connectivity index (χ0v) is 32.7. The quantitative estimate of drug-likeness (QED) is 0.177. The summed E-state index contributed by atoms with van der Waals surface area (Å²) in [6.07, 6.45) is 2.23. The molecule has 0 spiro atoms. The lowest BCUT2D eigenvalue weighted by Gasteiger charge is -2.39. The molecule has 54 heavy (non-hydrogen) atoms. The lowest BCUT2D eigenvalue weighted by molar-refractivity contribution is -0.139. The second-order valence-corrected chi connectivity index (χ2v) is 16.1. The number of Topliss-reactive ketones (excluding diaryl/α,β-unsaturated/α-hetero) is 2. The fourth-order valence-corrected chi connectivity index (χ4v) is 8.33. The van der Waals surface area contributed by atoms with Crippen molar-refractivity contribution in [3.63, 3.8) is 0 Å². The lowest BCUT2D eigenvalue weighted by atomic mass is 9.68. The summed E-state index contributed by atoms with van der Waals surface area (Å²) in [5.74, 6) is -0.615. The molecular weight excluding hydrogens is 684 g/mol. The summed E-state index contributed by atoms with van der Waals surface area (Å²) in [6.45, 7) is 16.6. The van der Waals surface area contributed by atoms with E-state index in [1.54, 1.807) is 13.8 Å². The lowest BCUT2D eigenvalue weighted by Crippen LogP contribution is -2.38. The Morgan fingerprint density at radius 2 is 0.963 bits per heavy atom. The van der Waals surface area contributed by atoms with Crippen molar-refractivity contribution in [2.75, 3.05) is 26.4 Å². The van der Waals surface area contributed by atoms with Crippen molar-refractivity contribution in [1.82, 2.24) is 10.6 Å². The molecule has 6 rings (SSSR count). The van der Waals surface area contributed by atoms with Crippen molar-refractivity contribution < 1.29 is 38.1 Å². The maximum Gasteiger partial charge on any atom is 0.336 e. The highest BCUT2D eigenvalue weighted by Crippen LogP contribution is 2.48. The van der Waals surface area contributed by atoms with Crippen molar-refractivity contribution in [3.05, 3.63) is 105 Å². The Kier molecular flexibility index (Phi) is 11.0. The van der Waals surface area contributed by atoms with Crippen LogP contribution in [0.3, 0.4) is 0 Å². The van der Waals surface area contributed by atoms with Gasteiger partial charge in [0.1, 0.15) is 24.7 Å². The van der Waals surface area contributed by atoms with E-state index in [-0.39, 0.29) is 48.8 Å². The van der Waals surface area contributed by atoms with E-state index >= 15 is 0 Å². The molecule has 2 aliphatic carbocycles. The van der Waals surface area contributed by atoms with Gasteiger partial charge < -0.3 is 29.6 Å². The average Bonchev–Trinajstić information content (AvgIpc) is 3.08. The van der Waals surface area contributed by atoms with E-state index in [1.807, 2.05) is 62.4 Å². The highest BCUT2D eigenvalue weighted by molar-refractivity contribution is 6.05. The van der Waals surface area contributed by atoms with Gasteiger partial charge in [-0.3, -0.25) is 9.59 Å². The number of benzene rings is 2. The van der Waals surface area contributed by atoms with E-state index < -0.39 is 23.8 Å². The molecule has 2 aromatic carbocycles. The first-order chi connectivity index (χ1) is 25.6. The summed E-state index contributed by atoms with van der Waals surface area (Å²) in [7, 11) is 0. The Morgan fingerprint density at radius 1 is 0.611 bits per heavy atom. The number of ether oxygens (including phenoxy) is 4. The Balaban J connectivity index is 1.13. The van der Waals surface area contributed by atoms with Gasteiger partial charge in [0, 0.05) is 58.6 Å². The molecule has 2 unspecified atom stereocenters. The number of carbonyl (C=O) groups excluding carboxylic acids is 4. The molecule has 0 saturated heterocycles. The molecule has 10 nitrogen and oxygen atoms in total. The van der Waals surface area contributed by atoms with Crippen molar-refractivity contribution in [3.8, 4) is 11.5 Å². The van der Waals surface area contributed by atoms with Gasteiger partial charge in [0.05, 0.1) is 24.4 Å². The number of ketones is 2. The van der Waals surface area contributed by atoms with Crippen LogP contribution < -0.4 is 20.1 Å². The van der Waals surface area contributed by atoms with Crippen molar-refractivity contribution in [2.45, 2.75) is 92.9 Å². The molecule has 286 valence electrons. The highest BCUT2D eigenvalue weighted by Gasteiger charge is 2.44. The Morgan fingerprint density at radius 3 is 1.30 bits per heavy atom. The van der Waals surface area contributed by atoms with Gasteiger partial charge in [0.2, 0.25) is 0 Å². The van der Waals surface area contributed by atoms with E-state index in [9.17, 15) is 19.2 Å². The molecular formula is C44H52N2O8. The summed E-state index contributed by atoms with van der Waals surface area (Å²) in [4.78, 5) is 53.5. The second-order valence-electron chi connectivity index (χ2n) is 16.1. The van der Waals surface area contributed by atoms with Crippen molar-refractivity contribution in [2.24, 2.45) is 10.8 Å². The number of esters is 2. The van der Waals surface area contributed by atoms with Gasteiger partial charge in [0.15, 0.2) is 11.6 Å². The van der Waals surface area contributed by atoms with Gasteiger partial charge in [0.25, 0.3) is 0 Å². The topological polar surface area (TPSA) is 129 Å². The number of rotatable bonds is 11. The number of nitrogens with one attached hydrogen (secondary N) is 2. The summed E-state index contributed by atoms with van der Waals surface area (Å²) >= 11 is 0. The molecule has 2 N–H and O–H groups in total. The molecule has 2 aliphatic heterocycles. The third-order valence-electron chi connectivity index (χ3n) is 10.5. The maximum atomic E-state index is 13.5. The largest absolute Gasteiger partial charge is 0.490 e. The van der Waals surface area contributed by atoms with Crippen LogP contribution in [0.25, 0.3) is 0 Å². The van der Waals surface area contributed by atoms with E-state index in [4.69, 9.17) is 18.9 Å². The predicted molar refractivity (Wildman–Crippen MR) is 204 cm³/mol. The second kappa shape index (κ2) is 15.3. The van der Waals surface area contributed by atoms with Crippen LogP contribution in [-0.2, 0) is 28.7 Å².